The van der Waals surface area contributed by atoms with Gasteiger partial charge < -0.3 is 15.1 Å². The number of nitrogens with zero attached hydrogens (tertiary/aromatic N) is 2. The van der Waals surface area contributed by atoms with Crippen molar-refractivity contribution in [2.24, 2.45) is 5.41 Å². The summed E-state index contributed by atoms with van der Waals surface area (Å²) in [7, 11) is 0. The van der Waals surface area contributed by atoms with E-state index in [1.165, 1.54) is 0 Å². The lowest BCUT2D eigenvalue weighted by atomic mass is 9.87. The molecule has 3 aliphatic heterocycles. The number of rotatable bonds is 1. The molecule has 0 aromatic heterocycles. The highest BCUT2D eigenvalue weighted by Crippen LogP contribution is 2.30. The Morgan fingerprint density at radius 1 is 1.44 bits per heavy atom. The molecule has 0 radical (unpaired) electrons. The highest BCUT2D eigenvalue weighted by molar-refractivity contribution is 5.84. The molecule has 3 saturated heterocycles. The Hall–Kier alpha value is -1.10. The zero-order valence-corrected chi connectivity index (χ0v) is 10.9. The lowest BCUT2D eigenvalue weighted by Crippen LogP contribution is -2.56. The molecule has 3 fully saturated rings. The van der Waals surface area contributed by atoms with E-state index in [0.717, 1.165) is 39.0 Å². The number of carbonyl (C=O) groups is 2. The summed E-state index contributed by atoms with van der Waals surface area (Å²) in [4.78, 5) is 28.1. The van der Waals surface area contributed by atoms with E-state index in [1.54, 1.807) is 0 Å². The largest absolute Gasteiger partial charge is 0.338 e. The summed E-state index contributed by atoms with van der Waals surface area (Å²) in [6.45, 7) is 5.94. The van der Waals surface area contributed by atoms with Gasteiger partial charge in [0.05, 0.1) is 5.41 Å². The van der Waals surface area contributed by atoms with Gasteiger partial charge in [0, 0.05) is 38.6 Å². The number of carbonyl (C=O) groups excluding carboxylic acids is 2. The maximum Gasteiger partial charge on any atom is 0.229 e. The third kappa shape index (κ3) is 1.81. The Kier molecular flexibility index (Phi) is 2.81. The van der Waals surface area contributed by atoms with Crippen LogP contribution in [0.15, 0.2) is 0 Å². The lowest BCUT2D eigenvalue weighted by molar-refractivity contribution is -0.145. The molecular weight excluding hydrogens is 230 g/mol. The van der Waals surface area contributed by atoms with E-state index >= 15 is 0 Å². The number of nitrogens with one attached hydrogen (secondary N) is 1. The van der Waals surface area contributed by atoms with Crippen molar-refractivity contribution < 1.29 is 9.59 Å². The third-order valence-electron chi connectivity index (χ3n) is 4.67. The van der Waals surface area contributed by atoms with Crippen LogP contribution in [-0.2, 0) is 9.59 Å². The minimum atomic E-state index is -0.231. The summed E-state index contributed by atoms with van der Waals surface area (Å²) in [6, 6.07) is 0.271. The predicted octanol–water partition coefficient (Wildman–Crippen LogP) is -0.181. The van der Waals surface area contributed by atoms with E-state index in [-0.39, 0.29) is 23.3 Å². The Balaban J connectivity index is 1.68. The van der Waals surface area contributed by atoms with Gasteiger partial charge in [0.25, 0.3) is 0 Å². The summed E-state index contributed by atoms with van der Waals surface area (Å²) < 4.78 is 0. The number of piperazine rings is 1. The van der Waals surface area contributed by atoms with Crippen molar-refractivity contribution >= 4 is 11.8 Å². The first kappa shape index (κ1) is 12.0. The second-order valence-electron chi connectivity index (χ2n) is 6.02. The summed E-state index contributed by atoms with van der Waals surface area (Å²) >= 11 is 0. The fraction of sp³-hybridized carbons (Fsp3) is 0.846. The molecule has 5 heteroatoms. The van der Waals surface area contributed by atoms with Crippen LogP contribution in [-0.4, -0.2) is 60.4 Å². The SMILES string of the molecule is CC1(C(=O)N2CCN3C(=O)CCC3C2)CCNC1. The topological polar surface area (TPSA) is 52.7 Å². The Morgan fingerprint density at radius 3 is 3.00 bits per heavy atom. The summed E-state index contributed by atoms with van der Waals surface area (Å²) in [5.41, 5.74) is -0.231. The summed E-state index contributed by atoms with van der Waals surface area (Å²) in [5, 5.41) is 3.27. The number of hydrogen-bond donors (Lipinski definition) is 1. The zero-order valence-electron chi connectivity index (χ0n) is 10.9. The molecule has 2 unspecified atom stereocenters. The quantitative estimate of drug-likeness (QED) is 0.703. The van der Waals surface area contributed by atoms with Crippen LogP contribution >= 0.6 is 0 Å². The highest BCUT2D eigenvalue weighted by atomic mass is 16.2. The smallest absolute Gasteiger partial charge is 0.229 e. The van der Waals surface area contributed by atoms with Gasteiger partial charge in [-0.25, -0.2) is 0 Å². The summed E-state index contributed by atoms with van der Waals surface area (Å²) in [5.74, 6) is 0.535. The van der Waals surface area contributed by atoms with Gasteiger partial charge in [0.1, 0.15) is 0 Å². The molecule has 0 saturated carbocycles. The molecule has 0 aromatic rings. The van der Waals surface area contributed by atoms with Crippen LogP contribution in [0.1, 0.15) is 26.2 Å². The van der Waals surface area contributed by atoms with Crippen molar-refractivity contribution in [3.8, 4) is 0 Å². The van der Waals surface area contributed by atoms with Crippen LogP contribution in [0, 0.1) is 5.41 Å². The van der Waals surface area contributed by atoms with Crippen molar-refractivity contribution in [2.45, 2.75) is 32.2 Å². The van der Waals surface area contributed by atoms with Crippen molar-refractivity contribution in [1.29, 1.82) is 0 Å². The van der Waals surface area contributed by atoms with Crippen LogP contribution in [0.2, 0.25) is 0 Å². The Bertz CT molecular complexity index is 376. The average molecular weight is 251 g/mol. The predicted molar refractivity (Wildman–Crippen MR) is 66.9 cm³/mol. The van der Waals surface area contributed by atoms with Gasteiger partial charge >= 0.3 is 0 Å². The van der Waals surface area contributed by atoms with Crippen LogP contribution in [0.4, 0.5) is 0 Å². The van der Waals surface area contributed by atoms with Gasteiger partial charge in [-0.15, -0.1) is 0 Å². The highest BCUT2D eigenvalue weighted by Gasteiger charge is 2.43. The monoisotopic (exact) mass is 251 g/mol. The fourth-order valence-corrected chi connectivity index (χ4v) is 3.43. The Morgan fingerprint density at radius 2 is 2.28 bits per heavy atom. The number of amides is 2. The van der Waals surface area contributed by atoms with E-state index in [4.69, 9.17) is 0 Å². The molecule has 100 valence electrons. The molecule has 3 heterocycles. The van der Waals surface area contributed by atoms with Crippen LogP contribution in [0.5, 0.6) is 0 Å². The van der Waals surface area contributed by atoms with Gasteiger partial charge in [-0.05, 0) is 26.3 Å². The fourth-order valence-electron chi connectivity index (χ4n) is 3.43. The molecule has 0 bridgehead atoms. The maximum absolute atomic E-state index is 12.6. The van der Waals surface area contributed by atoms with Gasteiger partial charge in [0.2, 0.25) is 11.8 Å². The van der Waals surface area contributed by atoms with Crippen LogP contribution in [0.25, 0.3) is 0 Å². The van der Waals surface area contributed by atoms with Crippen LogP contribution < -0.4 is 5.32 Å². The molecule has 0 spiro atoms. The van der Waals surface area contributed by atoms with E-state index in [2.05, 4.69) is 12.2 Å². The molecule has 18 heavy (non-hydrogen) atoms. The molecule has 0 aliphatic carbocycles. The average Bonchev–Trinajstić information content (AvgIpc) is 2.96. The second kappa shape index (κ2) is 4.23. The molecule has 0 aromatic carbocycles. The van der Waals surface area contributed by atoms with Gasteiger partial charge in [0.15, 0.2) is 0 Å². The van der Waals surface area contributed by atoms with Crippen molar-refractivity contribution in [1.82, 2.24) is 15.1 Å². The van der Waals surface area contributed by atoms with E-state index in [9.17, 15) is 9.59 Å². The van der Waals surface area contributed by atoms with E-state index in [0.29, 0.717) is 13.0 Å². The second-order valence-corrected chi connectivity index (χ2v) is 6.02. The molecule has 5 nitrogen and oxygen atoms in total. The molecule has 2 atom stereocenters. The standard InChI is InChI=1S/C13H21N3O2/c1-13(4-5-14-9-13)12(18)15-6-7-16-10(8-15)2-3-11(16)17/h10,14H,2-9H2,1H3. The minimum Gasteiger partial charge on any atom is -0.338 e. The Labute approximate surface area is 107 Å². The minimum absolute atomic E-state index is 0.231. The lowest BCUT2D eigenvalue weighted by Gasteiger charge is -2.40. The first-order valence-corrected chi connectivity index (χ1v) is 6.90. The van der Waals surface area contributed by atoms with Gasteiger partial charge in [-0.3, -0.25) is 9.59 Å². The molecular formula is C13H21N3O2. The zero-order chi connectivity index (χ0) is 12.8. The first-order chi connectivity index (χ1) is 8.60. The van der Waals surface area contributed by atoms with Gasteiger partial charge in [-0.1, -0.05) is 0 Å². The summed E-state index contributed by atoms with van der Waals surface area (Å²) in [6.07, 6.45) is 2.50. The van der Waals surface area contributed by atoms with E-state index < -0.39 is 0 Å². The van der Waals surface area contributed by atoms with Crippen molar-refractivity contribution in [3.63, 3.8) is 0 Å². The molecule has 1 N–H and O–H groups in total. The van der Waals surface area contributed by atoms with Crippen molar-refractivity contribution in [2.75, 3.05) is 32.7 Å². The normalized spacial score (nSPS) is 36.1. The molecule has 3 rings (SSSR count). The first-order valence-electron chi connectivity index (χ1n) is 6.90. The third-order valence-corrected chi connectivity index (χ3v) is 4.67. The van der Waals surface area contributed by atoms with E-state index in [1.807, 2.05) is 9.80 Å². The van der Waals surface area contributed by atoms with Crippen molar-refractivity contribution in [3.05, 3.63) is 0 Å². The molecule has 2 amide bonds. The number of fused-ring (bicyclic) bond motifs is 1. The molecule has 3 aliphatic rings. The van der Waals surface area contributed by atoms with Gasteiger partial charge in [-0.2, -0.15) is 0 Å². The maximum atomic E-state index is 12.6. The number of hydrogen-bond acceptors (Lipinski definition) is 3. The van der Waals surface area contributed by atoms with Crippen LogP contribution in [0.3, 0.4) is 0 Å².